The van der Waals surface area contributed by atoms with Gasteiger partial charge in [-0.05, 0) is 30.9 Å². The first-order valence-corrected chi connectivity index (χ1v) is 11.9. The number of hydrogen-bond acceptors (Lipinski definition) is 8. The lowest BCUT2D eigenvalue weighted by Gasteiger charge is -2.32. The number of carbonyl (C=O) groups is 1. The third-order valence-corrected chi connectivity index (χ3v) is 7.08. The lowest BCUT2D eigenvalue weighted by molar-refractivity contribution is -0.150. The van der Waals surface area contributed by atoms with Crippen LogP contribution in [0.15, 0.2) is 41.3 Å². The molecular weight excluding hydrogens is 432 g/mol. The normalized spacial score (nSPS) is 22.8. The van der Waals surface area contributed by atoms with Crippen molar-refractivity contribution >= 4 is 23.4 Å². The van der Waals surface area contributed by atoms with Gasteiger partial charge in [0, 0.05) is 24.8 Å². The van der Waals surface area contributed by atoms with Crippen LogP contribution in [0.1, 0.15) is 26.7 Å². The zero-order valence-electron chi connectivity index (χ0n) is 19.1. The molecule has 1 heterocycles. The molecule has 0 radical (unpaired) electrons. The fourth-order valence-electron chi connectivity index (χ4n) is 3.66. The second kappa shape index (κ2) is 12.6. The number of likely N-dealkylation sites (N-methyl/N-ethyl adjacent to an activating group) is 1. The maximum atomic E-state index is 12.9. The molecular formula is C23H36N2O6S. The maximum absolute atomic E-state index is 12.9. The zero-order chi connectivity index (χ0) is 23.8. The summed E-state index contributed by atoms with van der Waals surface area (Å²) in [5.41, 5.74) is 0.855. The van der Waals surface area contributed by atoms with Gasteiger partial charge in [0.2, 0.25) is 0 Å². The first-order valence-electron chi connectivity index (χ1n) is 10.9. The van der Waals surface area contributed by atoms with Crippen molar-refractivity contribution < 1.29 is 30.0 Å². The Bertz CT molecular complexity index is 760. The van der Waals surface area contributed by atoms with Crippen LogP contribution in [0.3, 0.4) is 0 Å². The van der Waals surface area contributed by atoms with Crippen molar-refractivity contribution in [1.82, 2.24) is 5.32 Å². The molecule has 0 bridgehead atoms. The molecule has 1 aliphatic rings. The quantitative estimate of drug-likeness (QED) is 0.324. The Labute approximate surface area is 194 Å². The summed E-state index contributed by atoms with van der Waals surface area (Å²) in [6.07, 6.45) is -2.02. The molecule has 180 valence electrons. The van der Waals surface area contributed by atoms with Crippen molar-refractivity contribution in [2.75, 3.05) is 24.8 Å². The molecule has 2 rings (SSSR count). The molecule has 0 fully saturated rings. The molecule has 1 amide bonds. The van der Waals surface area contributed by atoms with Crippen LogP contribution < -0.4 is 10.2 Å². The average Bonchev–Trinajstić information content (AvgIpc) is 2.91. The number of fused-ring (bicyclic) bond motifs is 1. The van der Waals surface area contributed by atoms with Crippen LogP contribution in [0.5, 0.6) is 0 Å². The highest BCUT2D eigenvalue weighted by atomic mass is 32.2. The minimum atomic E-state index is -1.66. The molecule has 9 heteroatoms. The van der Waals surface area contributed by atoms with Crippen molar-refractivity contribution in [3.8, 4) is 0 Å². The highest BCUT2D eigenvalue weighted by Crippen LogP contribution is 2.34. The smallest absolute Gasteiger partial charge is 0.252 e. The van der Waals surface area contributed by atoms with Gasteiger partial charge in [0.15, 0.2) is 6.10 Å². The Kier molecular flexibility index (Phi) is 10.5. The van der Waals surface area contributed by atoms with Gasteiger partial charge in [-0.2, -0.15) is 0 Å². The first kappa shape index (κ1) is 26.6. The van der Waals surface area contributed by atoms with Crippen molar-refractivity contribution in [3.05, 3.63) is 36.4 Å². The second-order valence-corrected chi connectivity index (χ2v) is 9.07. The van der Waals surface area contributed by atoms with Gasteiger partial charge < -0.3 is 35.4 Å². The fraction of sp³-hybridized carbons (Fsp3) is 0.609. The Hall–Kier alpha value is -1.62. The van der Waals surface area contributed by atoms with E-state index >= 15 is 0 Å². The number of ether oxygens (including phenoxy) is 1. The Morgan fingerprint density at radius 3 is 2.50 bits per heavy atom. The van der Waals surface area contributed by atoms with Crippen LogP contribution in [0, 0.1) is 5.92 Å². The minimum Gasteiger partial charge on any atom is -0.387 e. The molecule has 6 atom stereocenters. The highest BCUT2D eigenvalue weighted by molar-refractivity contribution is 7.99. The zero-order valence-corrected chi connectivity index (χ0v) is 19.9. The Morgan fingerprint density at radius 2 is 1.88 bits per heavy atom. The van der Waals surface area contributed by atoms with Gasteiger partial charge >= 0.3 is 0 Å². The van der Waals surface area contributed by atoms with Gasteiger partial charge in [-0.25, -0.2) is 0 Å². The van der Waals surface area contributed by atoms with E-state index in [9.17, 15) is 25.2 Å². The molecule has 2 unspecified atom stereocenters. The van der Waals surface area contributed by atoms with Gasteiger partial charge in [-0.15, -0.1) is 11.8 Å². The number of allylic oxidation sites excluding steroid dienone is 1. The molecule has 5 N–H and O–H groups in total. The number of hydrogen-bond donors (Lipinski definition) is 5. The maximum Gasteiger partial charge on any atom is 0.252 e. The van der Waals surface area contributed by atoms with E-state index < -0.39 is 42.6 Å². The van der Waals surface area contributed by atoms with E-state index in [0.29, 0.717) is 5.75 Å². The molecule has 1 aromatic carbocycles. The molecule has 8 nitrogen and oxygen atoms in total. The van der Waals surface area contributed by atoms with Crippen LogP contribution in [-0.2, 0) is 9.53 Å². The summed E-state index contributed by atoms with van der Waals surface area (Å²) >= 11 is 1.50. The van der Waals surface area contributed by atoms with Crippen molar-refractivity contribution in [3.63, 3.8) is 0 Å². The van der Waals surface area contributed by atoms with Crippen LogP contribution in [0.25, 0.3) is 0 Å². The van der Waals surface area contributed by atoms with Gasteiger partial charge in [0.05, 0.1) is 11.7 Å². The molecule has 1 aromatic rings. The monoisotopic (exact) mass is 468 g/mol. The third kappa shape index (κ3) is 6.46. The number of thioether (sulfide) groups is 1. The fourth-order valence-corrected chi connectivity index (χ4v) is 4.81. The number of anilines is 1. The third-order valence-electron chi connectivity index (χ3n) is 5.90. The number of para-hydroxylation sites is 1. The molecule has 1 aliphatic heterocycles. The molecule has 0 saturated carbocycles. The van der Waals surface area contributed by atoms with Crippen molar-refractivity contribution in [2.45, 2.75) is 68.3 Å². The standard InChI is InChI=1S/C23H36N2O6S/c1-5-14(6-2)11-12-17(26)19(27)20(28)21(31-4)22(29)24-15-13-32-18-10-8-7-9-16(18)25(3)23(15)30/h7-12,14-15,17,19-21,23,26-28,30H,5-6,13H2,1-4H3,(H,24,29)/b12-11+/t15?,17-,19+,20-,21-,23?/m1/s1. The molecule has 0 spiro atoms. The lowest BCUT2D eigenvalue weighted by Crippen LogP contribution is -2.57. The van der Waals surface area contributed by atoms with Gasteiger partial charge in [-0.1, -0.05) is 38.1 Å². The lowest BCUT2D eigenvalue weighted by atomic mass is 9.98. The number of benzene rings is 1. The molecule has 0 saturated heterocycles. The van der Waals surface area contributed by atoms with E-state index in [1.165, 1.54) is 24.9 Å². The van der Waals surface area contributed by atoms with E-state index in [4.69, 9.17) is 4.74 Å². The van der Waals surface area contributed by atoms with Crippen molar-refractivity contribution in [1.29, 1.82) is 0 Å². The number of methoxy groups -OCH3 is 1. The van der Waals surface area contributed by atoms with E-state index in [1.54, 1.807) is 18.0 Å². The van der Waals surface area contributed by atoms with E-state index in [1.807, 2.05) is 38.1 Å². The minimum absolute atomic E-state index is 0.255. The van der Waals surface area contributed by atoms with Gasteiger partial charge in [0.1, 0.15) is 24.5 Å². The number of rotatable bonds is 10. The largest absolute Gasteiger partial charge is 0.387 e. The summed E-state index contributed by atoms with van der Waals surface area (Å²) in [6, 6.07) is 6.98. The SMILES string of the molecule is CCC(/C=C/[C@@H](O)[C@H](O)[C@@H](O)[C@@H](OC)C(=O)NC1CSc2ccccc2N(C)C1O)CC. The summed E-state index contributed by atoms with van der Waals surface area (Å²) in [4.78, 5) is 15.5. The summed E-state index contributed by atoms with van der Waals surface area (Å²) in [6.45, 7) is 4.05. The van der Waals surface area contributed by atoms with Crippen molar-refractivity contribution in [2.24, 2.45) is 5.92 Å². The predicted molar refractivity (Wildman–Crippen MR) is 126 cm³/mol. The molecule has 32 heavy (non-hydrogen) atoms. The summed E-state index contributed by atoms with van der Waals surface area (Å²) in [7, 11) is 2.98. The number of nitrogens with one attached hydrogen (secondary N) is 1. The highest BCUT2D eigenvalue weighted by Gasteiger charge is 2.38. The molecule has 0 aliphatic carbocycles. The van der Waals surface area contributed by atoms with E-state index in [0.717, 1.165) is 23.4 Å². The van der Waals surface area contributed by atoms with Crippen LogP contribution >= 0.6 is 11.8 Å². The average molecular weight is 469 g/mol. The summed E-state index contributed by atoms with van der Waals surface area (Å²) < 4.78 is 5.15. The van der Waals surface area contributed by atoms with Crippen LogP contribution in [0.4, 0.5) is 5.69 Å². The second-order valence-electron chi connectivity index (χ2n) is 8.01. The van der Waals surface area contributed by atoms with Crippen LogP contribution in [-0.4, -0.2) is 82.9 Å². The Balaban J connectivity index is 2.05. The van der Waals surface area contributed by atoms with E-state index in [2.05, 4.69) is 5.32 Å². The summed E-state index contributed by atoms with van der Waals surface area (Å²) in [5.74, 6) is -0.0190. The number of carbonyl (C=O) groups excluding carboxylic acids is 1. The number of amides is 1. The Morgan fingerprint density at radius 1 is 1.22 bits per heavy atom. The van der Waals surface area contributed by atoms with Crippen LogP contribution in [0.2, 0.25) is 0 Å². The van der Waals surface area contributed by atoms with Gasteiger partial charge in [0.25, 0.3) is 5.91 Å². The number of nitrogens with zero attached hydrogens (tertiary/aromatic N) is 1. The van der Waals surface area contributed by atoms with Gasteiger partial charge in [-0.3, -0.25) is 4.79 Å². The topological polar surface area (TPSA) is 122 Å². The number of aliphatic hydroxyl groups excluding tert-OH is 4. The summed E-state index contributed by atoms with van der Waals surface area (Å²) in [5, 5.41) is 44.7. The van der Waals surface area contributed by atoms with E-state index in [-0.39, 0.29) is 5.92 Å². The molecule has 0 aromatic heterocycles. The first-order chi connectivity index (χ1) is 15.2. The number of aliphatic hydroxyl groups is 4. The predicted octanol–water partition coefficient (Wildman–Crippen LogP) is 1.12.